The van der Waals surface area contributed by atoms with Crippen LogP contribution in [0.3, 0.4) is 0 Å². The van der Waals surface area contributed by atoms with Gasteiger partial charge in [-0.1, -0.05) is 36.4 Å². The van der Waals surface area contributed by atoms with Crippen LogP contribution < -0.4 is 0 Å². The summed E-state index contributed by atoms with van der Waals surface area (Å²) in [7, 11) is 1.26. The van der Waals surface area contributed by atoms with E-state index >= 15 is 0 Å². The van der Waals surface area contributed by atoms with Crippen LogP contribution in [0.25, 0.3) is 6.08 Å². The van der Waals surface area contributed by atoms with Crippen LogP contribution in [-0.2, 0) is 14.3 Å². The first kappa shape index (κ1) is 13.9. The van der Waals surface area contributed by atoms with Crippen molar-refractivity contribution in [1.29, 1.82) is 0 Å². The number of hydrogen-bond donors (Lipinski definition) is 0. The van der Waals surface area contributed by atoms with Crippen molar-refractivity contribution in [2.75, 3.05) is 7.11 Å². The number of carbonyl (C=O) groups is 2. The first-order chi connectivity index (χ1) is 8.60. The summed E-state index contributed by atoms with van der Waals surface area (Å²) in [6.45, 7) is 3.43. The standard InChI is InChI=1S/C15H16O3/c1-4-11(2)14(16)13(15(17)18-3)10-12-8-6-5-7-9-12/h4-10H,1-3H3/b11-4+,13-10-. The highest BCUT2D eigenvalue weighted by atomic mass is 16.5. The molecule has 0 aliphatic rings. The number of carbonyl (C=O) groups excluding carboxylic acids is 2. The molecule has 3 nitrogen and oxygen atoms in total. The molecule has 1 aromatic carbocycles. The Morgan fingerprint density at radius 1 is 1.17 bits per heavy atom. The lowest BCUT2D eigenvalue weighted by Gasteiger charge is -2.05. The van der Waals surface area contributed by atoms with E-state index in [2.05, 4.69) is 4.74 Å². The Hall–Kier alpha value is -2.16. The largest absolute Gasteiger partial charge is 0.465 e. The lowest BCUT2D eigenvalue weighted by molar-refractivity contribution is -0.137. The molecule has 0 spiro atoms. The normalized spacial score (nSPS) is 12.2. The van der Waals surface area contributed by atoms with Crippen LogP contribution in [0, 0.1) is 0 Å². The number of benzene rings is 1. The molecule has 1 aromatic rings. The van der Waals surface area contributed by atoms with E-state index in [0.29, 0.717) is 5.57 Å². The summed E-state index contributed by atoms with van der Waals surface area (Å²) in [5.74, 6) is -0.932. The lowest BCUT2D eigenvalue weighted by atomic mass is 10.0. The Morgan fingerprint density at radius 2 is 1.78 bits per heavy atom. The zero-order chi connectivity index (χ0) is 13.5. The van der Waals surface area contributed by atoms with Crippen molar-refractivity contribution in [3.8, 4) is 0 Å². The molecule has 0 saturated heterocycles. The van der Waals surface area contributed by atoms with Crippen LogP contribution in [-0.4, -0.2) is 18.9 Å². The summed E-state index contributed by atoms with van der Waals surface area (Å²) in [4.78, 5) is 23.7. The first-order valence-corrected chi connectivity index (χ1v) is 5.62. The third kappa shape index (κ3) is 3.42. The number of Topliss-reactive ketones (excluding diaryl/α,β-unsaturated/α-hetero) is 1. The number of esters is 1. The molecule has 0 bridgehead atoms. The maximum absolute atomic E-state index is 12.0. The fraction of sp³-hybridized carbons (Fsp3) is 0.200. The van der Waals surface area contributed by atoms with Crippen molar-refractivity contribution in [1.82, 2.24) is 0 Å². The molecule has 0 aliphatic carbocycles. The zero-order valence-electron chi connectivity index (χ0n) is 10.8. The molecular formula is C15H16O3. The molecular weight excluding hydrogens is 228 g/mol. The predicted molar refractivity (Wildman–Crippen MR) is 70.9 cm³/mol. The Bertz CT molecular complexity index is 496. The number of allylic oxidation sites excluding steroid dienone is 2. The van der Waals surface area contributed by atoms with E-state index in [4.69, 9.17) is 0 Å². The van der Waals surface area contributed by atoms with Crippen LogP contribution in [0.15, 0.2) is 47.6 Å². The van der Waals surface area contributed by atoms with Gasteiger partial charge in [-0.3, -0.25) is 4.79 Å². The van der Waals surface area contributed by atoms with Gasteiger partial charge >= 0.3 is 5.97 Å². The minimum atomic E-state index is -0.620. The highest BCUT2D eigenvalue weighted by Gasteiger charge is 2.19. The Balaban J connectivity index is 3.19. The molecule has 0 radical (unpaired) electrons. The molecule has 0 fully saturated rings. The minimum Gasteiger partial charge on any atom is -0.465 e. The van der Waals surface area contributed by atoms with E-state index in [1.54, 1.807) is 26.0 Å². The van der Waals surface area contributed by atoms with Crippen molar-refractivity contribution in [3.63, 3.8) is 0 Å². The second-order valence-electron chi connectivity index (χ2n) is 3.76. The van der Waals surface area contributed by atoms with Crippen LogP contribution in [0.1, 0.15) is 19.4 Å². The van der Waals surface area contributed by atoms with Gasteiger partial charge in [-0.25, -0.2) is 4.79 Å². The average Bonchev–Trinajstić information content (AvgIpc) is 2.43. The molecule has 1 rings (SSSR count). The Labute approximate surface area is 107 Å². The van der Waals surface area contributed by atoms with E-state index in [9.17, 15) is 9.59 Å². The van der Waals surface area contributed by atoms with Gasteiger partial charge in [-0.05, 0) is 31.1 Å². The van der Waals surface area contributed by atoms with Gasteiger partial charge in [0.2, 0.25) is 0 Å². The number of rotatable bonds is 4. The molecule has 0 amide bonds. The topological polar surface area (TPSA) is 43.4 Å². The van der Waals surface area contributed by atoms with Gasteiger partial charge in [-0.2, -0.15) is 0 Å². The molecule has 0 saturated carbocycles. The summed E-state index contributed by atoms with van der Waals surface area (Å²) < 4.78 is 4.65. The fourth-order valence-corrected chi connectivity index (χ4v) is 1.39. The second kappa shape index (κ2) is 6.55. The lowest BCUT2D eigenvalue weighted by Crippen LogP contribution is -2.15. The average molecular weight is 244 g/mol. The second-order valence-corrected chi connectivity index (χ2v) is 3.76. The maximum Gasteiger partial charge on any atom is 0.341 e. The van der Waals surface area contributed by atoms with Crippen LogP contribution in [0.2, 0.25) is 0 Å². The van der Waals surface area contributed by atoms with Crippen molar-refractivity contribution >= 4 is 17.8 Å². The summed E-state index contributed by atoms with van der Waals surface area (Å²) in [6, 6.07) is 9.19. The minimum absolute atomic E-state index is 0.0410. The van der Waals surface area contributed by atoms with Gasteiger partial charge < -0.3 is 4.74 Å². The van der Waals surface area contributed by atoms with Gasteiger partial charge in [0.25, 0.3) is 0 Å². The Morgan fingerprint density at radius 3 is 2.28 bits per heavy atom. The first-order valence-electron chi connectivity index (χ1n) is 5.62. The van der Waals surface area contributed by atoms with Crippen molar-refractivity contribution in [2.45, 2.75) is 13.8 Å². The van der Waals surface area contributed by atoms with E-state index in [1.165, 1.54) is 7.11 Å². The van der Waals surface area contributed by atoms with Crippen molar-refractivity contribution in [2.24, 2.45) is 0 Å². The fourth-order valence-electron chi connectivity index (χ4n) is 1.39. The molecule has 18 heavy (non-hydrogen) atoms. The maximum atomic E-state index is 12.0. The summed E-state index contributed by atoms with van der Waals surface area (Å²) in [5, 5.41) is 0. The van der Waals surface area contributed by atoms with Crippen molar-refractivity contribution in [3.05, 3.63) is 53.1 Å². The molecule has 0 aromatic heterocycles. The summed E-state index contributed by atoms with van der Waals surface area (Å²) >= 11 is 0. The molecule has 94 valence electrons. The predicted octanol–water partition coefficient (Wildman–Crippen LogP) is 2.78. The third-order valence-electron chi connectivity index (χ3n) is 2.55. The van der Waals surface area contributed by atoms with Crippen LogP contribution >= 0.6 is 0 Å². The van der Waals surface area contributed by atoms with Gasteiger partial charge in [0.05, 0.1) is 7.11 Å². The highest BCUT2D eigenvalue weighted by Crippen LogP contribution is 2.13. The van der Waals surface area contributed by atoms with E-state index in [1.807, 2.05) is 30.3 Å². The molecule has 0 unspecified atom stereocenters. The zero-order valence-corrected chi connectivity index (χ0v) is 10.8. The SMILES string of the molecule is C/C=C(\C)C(=O)/C(=C/c1ccccc1)C(=O)OC. The number of methoxy groups -OCH3 is 1. The molecule has 0 heterocycles. The van der Waals surface area contributed by atoms with E-state index in [0.717, 1.165) is 5.56 Å². The number of ketones is 1. The quantitative estimate of drug-likeness (QED) is 0.354. The Kier molecular flexibility index (Phi) is 5.06. The van der Waals surface area contributed by atoms with Gasteiger partial charge in [0, 0.05) is 0 Å². The van der Waals surface area contributed by atoms with E-state index < -0.39 is 5.97 Å². The molecule has 0 N–H and O–H groups in total. The monoisotopic (exact) mass is 244 g/mol. The highest BCUT2D eigenvalue weighted by molar-refractivity contribution is 6.26. The number of ether oxygens (including phenoxy) is 1. The molecule has 0 atom stereocenters. The third-order valence-corrected chi connectivity index (χ3v) is 2.55. The van der Waals surface area contributed by atoms with Gasteiger partial charge in [0.15, 0.2) is 5.78 Å². The summed E-state index contributed by atoms with van der Waals surface area (Å²) in [5.41, 5.74) is 1.34. The smallest absolute Gasteiger partial charge is 0.341 e. The van der Waals surface area contributed by atoms with E-state index in [-0.39, 0.29) is 11.4 Å². The number of hydrogen-bond acceptors (Lipinski definition) is 3. The molecule has 0 aliphatic heterocycles. The van der Waals surface area contributed by atoms with Gasteiger partial charge in [-0.15, -0.1) is 0 Å². The van der Waals surface area contributed by atoms with Crippen LogP contribution in [0.4, 0.5) is 0 Å². The molecule has 3 heteroatoms. The summed E-state index contributed by atoms with van der Waals surface area (Å²) in [6.07, 6.45) is 3.21. The van der Waals surface area contributed by atoms with Crippen molar-refractivity contribution < 1.29 is 14.3 Å². The van der Waals surface area contributed by atoms with Crippen LogP contribution in [0.5, 0.6) is 0 Å². The van der Waals surface area contributed by atoms with Gasteiger partial charge in [0.1, 0.15) is 5.57 Å².